The Labute approximate surface area is 215 Å². The van der Waals surface area contributed by atoms with Crippen LogP contribution in [0.3, 0.4) is 0 Å². The van der Waals surface area contributed by atoms with Gasteiger partial charge >= 0.3 is 5.91 Å². The molecule has 0 aliphatic heterocycles. The molecule has 1 saturated carbocycles. The number of sulfonamides is 1. The lowest BCUT2D eigenvalue weighted by atomic mass is 10.2. The molecular formula is C23H24N7O5PS. The Kier molecular flexibility index (Phi) is 6.65. The third kappa shape index (κ3) is 5.05. The summed E-state index contributed by atoms with van der Waals surface area (Å²) in [5.74, 6) is -0.550. The van der Waals surface area contributed by atoms with E-state index in [1.807, 2.05) is 0 Å². The number of carbonyl (C=O) groups is 1. The van der Waals surface area contributed by atoms with Crippen molar-refractivity contribution in [1.29, 1.82) is 0 Å². The molecule has 1 aliphatic rings. The summed E-state index contributed by atoms with van der Waals surface area (Å²) >= 11 is 0. The van der Waals surface area contributed by atoms with Gasteiger partial charge in [-0.25, -0.2) is 22.8 Å². The third-order valence-corrected chi connectivity index (χ3v) is 7.29. The summed E-state index contributed by atoms with van der Waals surface area (Å²) in [6, 6.07) is 13.0. The van der Waals surface area contributed by atoms with Gasteiger partial charge in [0.2, 0.25) is 21.7 Å². The quantitative estimate of drug-likeness (QED) is 0.304. The summed E-state index contributed by atoms with van der Waals surface area (Å²) in [6.45, 7) is 0. The summed E-state index contributed by atoms with van der Waals surface area (Å²) in [6.07, 6.45) is 2.34. The van der Waals surface area contributed by atoms with Crippen LogP contribution in [0.1, 0.15) is 40.8 Å². The van der Waals surface area contributed by atoms with Crippen LogP contribution in [0.4, 0.5) is 0 Å². The Bertz CT molecular complexity index is 1570. The molecular weight excluding hydrogens is 517 g/mol. The Morgan fingerprint density at radius 2 is 1.89 bits per heavy atom. The van der Waals surface area contributed by atoms with E-state index in [2.05, 4.69) is 34.2 Å². The van der Waals surface area contributed by atoms with E-state index in [0.717, 1.165) is 12.8 Å². The fourth-order valence-corrected chi connectivity index (χ4v) is 5.20. The number of methoxy groups -OCH3 is 1. The largest absolute Gasteiger partial charge is 0.506 e. The van der Waals surface area contributed by atoms with Gasteiger partial charge in [0.05, 0.1) is 19.1 Å². The van der Waals surface area contributed by atoms with Crippen molar-refractivity contribution in [3.05, 3.63) is 65.7 Å². The van der Waals surface area contributed by atoms with Crippen molar-refractivity contribution in [1.82, 2.24) is 34.3 Å². The van der Waals surface area contributed by atoms with Crippen molar-refractivity contribution in [2.75, 3.05) is 7.11 Å². The maximum Gasteiger partial charge on any atom is 0.303 e. The Balaban J connectivity index is 1.62. The van der Waals surface area contributed by atoms with Crippen LogP contribution in [0.2, 0.25) is 0 Å². The SMILES string of the molecule is COc1cccc(O)c1-n1c(C(=O)NS(=O)(=O)Cc2ccccc2)nnc1-c1nc(C2CC2)nn1CP. The van der Waals surface area contributed by atoms with Crippen LogP contribution in [0, 0.1) is 0 Å². The first-order chi connectivity index (χ1) is 17.8. The van der Waals surface area contributed by atoms with Gasteiger partial charge in [-0.2, -0.15) is 5.10 Å². The maximum atomic E-state index is 13.3. The molecule has 2 N–H and O–H groups in total. The standard InChI is InChI=1S/C23H24N7O5PS/c1-35-17-9-5-8-16(31)18(17)30-21(20-24-19(15-10-11-15)27-29(20)13-36)25-26-22(30)23(32)28-37(33,34)12-14-6-3-2-4-7-14/h2-9,15,31H,10-13,36H2,1H3,(H,28,32). The molecule has 1 aliphatic carbocycles. The summed E-state index contributed by atoms with van der Waals surface area (Å²) in [5.41, 5.74) is 0.565. The highest BCUT2D eigenvalue weighted by molar-refractivity contribution is 7.89. The first-order valence-electron chi connectivity index (χ1n) is 11.4. The Morgan fingerprint density at radius 1 is 1.14 bits per heavy atom. The number of para-hydroxylation sites is 1. The third-order valence-electron chi connectivity index (χ3n) is 5.74. The predicted octanol–water partition coefficient (Wildman–Crippen LogP) is 2.21. The van der Waals surface area contributed by atoms with Gasteiger partial charge in [-0.3, -0.25) is 9.36 Å². The van der Waals surface area contributed by atoms with E-state index >= 15 is 0 Å². The normalized spacial score (nSPS) is 13.5. The van der Waals surface area contributed by atoms with E-state index in [-0.39, 0.29) is 34.8 Å². The molecule has 2 aromatic carbocycles. The zero-order valence-corrected chi connectivity index (χ0v) is 21.7. The molecule has 0 saturated heterocycles. The predicted molar refractivity (Wildman–Crippen MR) is 137 cm³/mol. The van der Waals surface area contributed by atoms with Gasteiger partial charge in [-0.05, 0) is 30.5 Å². The monoisotopic (exact) mass is 541 g/mol. The molecule has 5 rings (SSSR count). The molecule has 0 radical (unpaired) electrons. The van der Waals surface area contributed by atoms with E-state index in [1.54, 1.807) is 47.1 Å². The van der Waals surface area contributed by atoms with Crippen molar-refractivity contribution >= 4 is 25.2 Å². The number of phenolic OH excluding ortho intramolecular Hbond substituents is 1. The molecule has 37 heavy (non-hydrogen) atoms. The molecule has 1 amide bonds. The molecule has 1 atom stereocenters. The Hall–Kier alpha value is -3.83. The molecule has 0 bridgehead atoms. The van der Waals surface area contributed by atoms with Gasteiger partial charge in [-0.15, -0.1) is 19.4 Å². The van der Waals surface area contributed by atoms with Gasteiger partial charge < -0.3 is 9.84 Å². The average molecular weight is 542 g/mol. The average Bonchev–Trinajstić information content (AvgIpc) is 3.49. The van der Waals surface area contributed by atoms with Crippen molar-refractivity contribution in [3.63, 3.8) is 0 Å². The second-order valence-corrected chi connectivity index (χ2v) is 10.5. The lowest BCUT2D eigenvalue weighted by molar-refractivity contribution is 0.0969. The fourth-order valence-electron chi connectivity index (χ4n) is 3.87. The van der Waals surface area contributed by atoms with Gasteiger partial charge in [0, 0.05) is 5.92 Å². The minimum atomic E-state index is -4.08. The van der Waals surface area contributed by atoms with Crippen LogP contribution in [0.5, 0.6) is 11.5 Å². The van der Waals surface area contributed by atoms with Crippen LogP contribution in [-0.4, -0.2) is 56.1 Å². The number of hydrogen-bond acceptors (Lipinski definition) is 9. The van der Waals surface area contributed by atoms with Gasteiger partial charge in [-0.1, -0.05) is 36.4 Å². The molecule has 1 unspecified atom stereocenters. The number of carbonyl (C=O) groups excluding carboxylic acids is 1. The highest BCUT2D eigenvalue weighted by Crippen LogP contribution is 2.40. The highest BCUT2D eigenvalue weighted by atomic mass is 32.2. The van der Waals surface area contributed by atoms with E-state index in [0.29, 0.717) is 23.5 Å². The zero-order chi connectivity index (χ0) is 26.2. The number of ether oxygens (including phenoxy) is 1. The number of aromatic nitrogens is 6. The lowest BCUT2D eigenvalue weighted by Crippen LogP contribution is -2.33. The van der Waals surface area contributed by atoms with Crippen molar-refractivity contribution in [2.45, 2.75) is 30.8 Å². The molecule has 4 aromatic rings. The van der Waals surface area contributed by atoms with E-state index in [1.165, 1.54) is 17.7 Å². The Morgan fingerprint density at radius 3 is 2.57 bits per heavy atom. The lowest BCUT2D eigenvalue weighted by Gasteiger charge is -2.15. The minimum absolute atomic E-state index is 0.0573. The number of hydrogen-bond donors (Lipinski definition) is 2. The molecule has 2 aromatic heterocycles. The molecule has 192 valence electrons. The first kappa shape index (κ1) is 24.8. The summed E-state index contributed by atoms with van der Waals surface area (Å²) in [7, 11) is -0.124. The summed E-state index contributed by atoms with van der Waals surface area (Å²) in [5, 5.41) is 23.5. The second kappa shape index (κ2) is 9.91. The van der Waals surface area contributed by atoms with Gasteiger partial charge in [0.25, 0.3) is 0 Å². The number of phenols is 1. The molecule has 0 spiro atoms. The molecule has 12 nitrogen and oxygen atoms in total. The van der Waals surface area contributed by atoms with Crippen LogP contribution in [0.25, 0.3) is 17.3 Å². The number of nitrogens with zero attached hydrogens (tertiary/aromatic N) is 6. The van der Waals surface area contributed by atoms with Crippen LogP contribution in [-0.2, 0) is 22.1 Å². The van der Waals surface area contributed by atoms with Crippen LogP contribution in [0.15, 0.2) is 48.5 Å². The number of amides is 1. The number of nitrogens with one attached hydrogen (secondary N) is 1. The zero-order valence-electron chi connectivity index (χ0n) is 19.8. The maximum absolute atomic E-state index is 13.3. The van der Waals surface area contributed by atoms with Crippen molar-refractivity contribution in [2.24, 2.45) is 0 Å². The summed E-state index contributed by atoms with van der Waals surface area (Å²) < 4.78 is 35.9. The number of benzene rings is 2. The molecule has 2 heterocycles. The second-order valence-electron chi connectivity index (χ2n) is 8.44. The van der Waals surface area contributed by atoms with Crippen LogP contribution >= 0.6 is 9.24 Å². The van der Waals surface area contributed by atoms with Crippen molar-refractivity contribution in [3.8, 4) is 28.8 Å². The van der Waals surface area contributed by atoms with E-state index in [4.69, 9.17) is 4.74 Å². The number of aromatic hydroxyl groups is 1. The van der Waals surface area contributed by atoms with Gasteiger partial charge in [0.1, 0.15) is 17.2 Å². The van der Waals surface area contributed by atoms with Crippen LogP contribution < -0.4 is 9.46 Å². The topological polar surface area (TPSA) is 154 Å². The minimum Gasteiger partial charge on any atom is -0.506 e. The first-order valence-corrected chi connectivity index (χ1v) is 13.8. The number of rotatable bonds is 9. The fraction of sp³-hybridized carbons (Fsp3) is 0.261. The summed E-state index contributed by atoms with van der Waals surface area (Å²) in [4.78, 5) is 17.9. The van der Waals surface area contributed by atoms with Crippen molar-refractivity contribution < 1.29 is 23.1 Å². The van der Waals surface area contributed by atoms with Gasteiger partial charge in [0.15, 0.2) is 11.6 Å². The molecule has 1 fully saturated rings. The van der Waals surface area contributed by atoms with E-state index < -0.39 is 21.7 Å². The molecule has 14 heteroatoms. The highest BCUT2D eigenvalue weighted by Gasteiger charge is 2.33. The van der Waals surface area contributed by atoms with E-state index in [9.17, 15) is 18.3 Å². The smallest absolute Gasteiger partial charge is 0.303 e.